The summed E-state index contributed by atoms with van der Waals surface area (Å²) in [6.07, 6.45) is 7.87. The lowest BCUT2D eigenvalue weighted by Gasteiger charge is -2.38. The minimum absolute atomic E-state index is 0.123. The molecule has 3 aromatic rings. The highest BCUT2D eigenvalue weighted by molar-refractivity contribution is 7.15. The normalized spacial score (nSPS) is 16.1. The summed E-state index contributed by atoms with van der Waals surface area (Å²) in [7, 11) is 0. The smallest absolute Gasteiger partial charge is 0.323 e. The van der Waals surface area contributed by atoms with Gasteiger partial charge in [0.05, 0.1) is 17.9 Å². The van der Waals surface area contributed by atoms with E-state index in [9.17, 15) is 9.59 Å². The molecular formula is C21H22N6O2S. The number of anilines is 1. The van der Waals surface area contributed by atoms with Crippen LogP contribution >= 0.6 is 11.3 Å². The first-order valence-corrected chi connectivity index (χ1v) is 11.0. The highest BCUT2D eigenvalue weighted by Crippen LogP contribution is 2.30. The third kappa shape index (κ3) is 3.85. The maximum atomic E-state index is 12.5. The van der Waals surface area contributed by atoms with Crippen molar-refractivity contribution >= 4 is 22.5 Å². The van der Waals surface area contributed by atoms with Crippen LogP contribution in [0.2, 0.25) is 0 Å². The first-order chi connectivity index (χ1) is 14.7. The van der Waals surface area contributed by atoms with Crippen molar-refractivity contribution in [3.8, 4) is 11.3 Å². The van der Waals surface area contributed by atoms with Crippen LogP contribution < -0.4 is 10.9 Å². The summed E-state index contributed by atoms with van der Waals surface area (Å²) in [5.41, 5.74) is 2.58. The molecule has 0 unspecified atom stereocenters. The van der Waals surface area contributed by atoms with Crippen LogP contribution in [0.4, 0.5) is 9.93 Å². The second-order valence-corrected chi connectivity index (χ2v) is 8.86. The number of nitrogens with one attached hydrogen (secondary N) is 1. The number of carbonyl (C=O) groups is 1. The largest absolute Gasteiger partial charge is 0.324 e. The summed E-state index contributed by atoms with van der Waals surface area (Å²) in [6, 6.07) is 6.87. The Labute approximate surface area is 177 Å². The number of pyridine rings is 1. The fourth-order valence-electron chi connectivity index (χ4n) is 3.92. The molecule has 0 spiro atoms. The number of hydrogen-bond donors (Lipinski definition) is 1. The number of hydrogen-bond acceptors (Lipinski definition) is 6. The lowest BCUT2D eigenvalue weighted by atomic mass is 10.0. The predicted molar refractivity (Wildman–Crippen MR) is 115 cm³/mol. The number of fused-ring (bicyclic) bond motifs is 1. The second-order valence-electron chi connectivity index (χ2n) is 7.78. The first kappa shape index (κ1) is 18.9. The van der Waals surface area contributed by atoms with Crippen LogP contribution in [0, 0.1) is 5.92 Å². The van der Waals surface area contributed by atoms with Gasteiger partial charge in [-0.2, -0.15) is 5.10 Å². The summed E-state index contributed by atoms with van der Waals surface area (Å²) in [6.45, 7) is 1.69. The number of aryl methyl sites for hydroxylation is 2. The summed E-state index contributed by atoms with van der Waals surface area (Å²) in [5, 5.41) is 8.10. The molecular weight excluding hydrogens is 400 g/mol. The van der Waals surface area contributed by atoms with E-state index in [4.69, 9.17) is 0 Å². The number of likely N-dealkylation sites (tertiary alicyclic amines) is 1. The average molecular weight is 423 g/mol. The Kier molecular flexibility index (Phi) is 5.04. The van der Waals surface area contributed by atoms with Gasteiger partial charge in [0, 0.05) is 47.9 Å². The summed E-state index contributed by atoms with van der Waals surface area (Å²) >= 11 is 1.59. The Morgan fingerprint density at radius 3 is 2.87 bits per heavy atom. The highest BCUT2D eigenvalue weighted by atomic mass is 32.1. The van der Waals surface area contributed by atoms with Crippen LogP contribution in [0.15, 0.2) is 41.5 Å². The van der Waals surface area contributed by atoms with Crippen molar-refractivity contribution in [3.63, 3.8) is 0 Å². The minimum atomic E-state index is -0.140. The molecule has 1 aliphatic heterocycles. The second kappa shape index (κ2) is 7.98. The van der Waals surface area contributed by atoms with Gasteiger partial charge in [-0.05, 0) is 43.9 Å². The van der Waals surface area contributed by atoms with Gasteiger partial charge in [-0.25, -0.2) is 14.5 Å². The number of amides is 2. The Morgan fingerprint density at radius 2 is 2.07 bits per heavy atom. The van der Waals surface area contributed by atoms with Gasteiger partial charge >= 0.3 is 6.03 Å². The topological polar surface area (TPSA) is 93.0 Å². The molecule has 0 saturated carbocycles. The Balaban J connectivity index is 1.19. The Morgan fingerprint density at radius 1 is 1.20 bits per heavy atom. The van der Waals surface area contributed by atoms with E-state index in [0.717, 1.165) is 24.1 Å². The zero-order chi connectivity index (χ0) is 20.5. The molecule has 2 amide bonds. The van der Waals surface area contributed by atoms with Gasteiger partial charge in [-0.3, -0.25) is 15.1 Å². The Bertz CT molecular complexity index is 1100. The van der Waals surface area contributed by atoms with Crippen molar-refractivity contribution in [2.75, 3.05) is 18.4 Å². The molecule has 0 aromatic carbocycles. The molecule has 1 aliphatic carbocycles. The summed E-state index contributed by atoms with van der Waals surface area (Å²) in [5.74, 6) is 0.203. The minimum Gasteiger partial charge on any atom is -0.324 e. The average Bonchev–Trinajstić information content (AvgIpc) is 3.14. The van der Waals surface area contributed by atoms with E-state index in [-0.39, 0.29) is 17.5 Å². The highest BCUT2D eigenvalue weighted by Gasteiger charge is 2.32. The molecule has 2 aliphatic rings. The SMILES string of the molecule is O=C(Nc1nc2c(s1)CCCC2)N1CC(Cn2nc(-c3cccnc3)ccc2=O)C1. The zero-order valence-electron chi connectivity index (χ0n) is 16.5. The van der Waals surface area contributed by atoms with E-state index in [1.807, 2.05) is 12.1 Å². The maximum absolute atomic E-state index is 12.5. The van der Waals surface area contributed by atoms with Crippen LogP contribution in [-0.4, -0.2) is 43.8 Å². The van der Waals surface area contributed by atoms with Gasteiger partial charge in [0.15, 0.2) is 5.13 Å². The molecule has 8 nitrogen and oxygen atoms in total. The monoisotopic (exact) mass is 422 g/mol. The summed E-state index contributed by atoms with van der Waals surface area (Å²) in [4.78, 5) is 36.4. The number of carbonyl (C=O) groups excluding carboxylic acids is 1. The molecule has 1 saturated heterocycles. The third-order valence-electron chi connectivity index (χ3n) is 5.56. The van der Waals surface area contributed by atoms with Crippen LogP contribution in [0.25, 0.3) is 11.3 Å². The number of nitrogens with zero attached hydrogens (tertiary/aromatic N) is 5. The molecule has 0 bridgehead atoms. The molecule has 30 heavy (non-hydrogen) atoms. The number of aromatic nitrogens is 4. The number of thiazole rings is 1. The fraction of sp³-hybridized carbons (Fsp3) is 0.381. The fourth-order valence-corrected chi connectivity index (χ4v) is 4.96. The van der Waals surface area contributed by atoms with Crippen molar-refractivity contribution in [1.29, 1.82) is 0 Å². The van der Waals surface area contributed by atoms with Gasteiger partial charge < -0.3 is 4.90 Å². The van der Waals surface area contributed by atoms with Gasteiger partial charge in [0.25, 0.3) is 5.56 Å². The molecule has 1 N–H and O–H groups in total. The van der Waals surface area contributed by atoms with E-state index < -0.39 is 0 Å². The third-order valence-corrected chi connectivity index (χ3v) is 6.63. The van der Waals surface area contributed by atoms with Crippen LogP contribution in [-0.2, 0) is 19.4 Å². The van der Waals surface area contributed by atoms with E-state index in [0.29, 0.717) is 30.5 Å². The van der Waals surface area contributed by atoms with E-state index in [2.05, 4.69) is 20.4 Å². The van der Waals surface area contributed by atoms with Crippen molar-refractivity contribution < 1.29 is 4.79 Å². The van der Waals surface area contributed by atoms with Crippen LogP contribution in [0.5, 0.6) is 0 Å². The molecule has 3 aromatic heterocycles. The number of urea groups is 1. The zero-order valence-corrected chi connectivity index (χ0v) is 17.3. The molecule has 0 radical (unpaired) electrons. The molecule has 1 fully saturated rings. The standard InChI is InChI=1S/C21H22N6O2S/c28-19-8-7-16(15-4-3-9-22-10-15)25-27(19)13-14-11-26(12-14)21(29)24-20-23-17-5-1-2-6-18(17)30-20/h3-4,7-10,14H,1-2,5-6,11-13H2,(H,23,24,29). The molecule has 0 atom stereocenters. The van der Waals surface area contributed by atoms with Gasteiger partial charge in [0.2, 0.25) is 0 Å². The quantitative estimate of drug-likeness (QED) is 0.698. The van der Waals surface area contributed by atoms with Crippen molar-refractivity contribution in [1.82, 2.24) is 24.6 Å². The molecule has 9 heteroatoms. The number of rotatable bonds is 4. The van der Waals surface area contributed by atoms with E-state index in [1.165, 1.54) is 28.5 Å². The van der Waals surface area contributed by atoms with Gasteiger partial charge in [0.1, 0.15) is 0 Å². The van der Waals surface area contributed by atoms with Gasteiger partial charge in [-0.1, -0.05) is 0 Å². The lowest BCUT2D eigenvalue weighted by molar-refractivity contribution is 0.116. The van der Waals surface area contributed by atoms with Crippen molar-refractivity contribution in [2.45, 2.75) is 32.2 Å². The van der Waals surface area contributed by atoms with E-state index >= 15 is 0 Å². The first-order valence-electron chi connectivity index (χ1n) is 10.2. The molecule has 4 heterocycles. The van der Waals surface area contributed by atoms with Crippen LogP contribution in [0.3, 0.4) is 0 Å². The lowest BCUT2D eigenvalue weighted by Crippen LogP contribution is -2.53. The predicted octanol–water partition coefficient (Wildman–Crippen LogP) is 2.80. The van der Waals surface area contributed by atoms with Crippen LogP contribution in [0.1, 0.15) is 23.4 Å². The van der Waals surface area contributed by atoms with E-state index in [1.54, 1.807) is 34.7 Å². The van der Waals surface area contributed by atoms with Crippen molar-refractivity contribution in [3.05, 3.63) is 57.6 Å². The maximum Gasteiger partial charge on any atom is 0.323 e. The van der Waals surface area contributed by atoms with Gasteiger partial charge in [-0.15, -0.1) is 11.3 Å². The Hall–Kier alpha value is -3.07. The molecule has 154 valence electrons. The molecule has 5 rings (SSSR count). The summed E-state index contributed by atoms with van der Waals surface area (Å²) < 4.78 is 1.48. The van der Waals surface area contributed by atoms with Crippen molar-refractivity contribution in [2.24, 2.45) is 5.92 Å².